The summed E-state index contributed by atoms with van der Waals surface area (Å²) in [5, 5.41) is 0. The van der Waals surface area contributed by atoms with Crippen molar-refractivity contribution < 1.29 is 4.79 Å². The largest absolute Gasteiger partial charge is 0.339 e. The van der Waals surface area contributed by atoms with Gasteiger partial charge >= 0.3 is 0 Å². The highest BCUT2D eigenvalue weighted by Gasteiger charge is 2.16. The summed E-state index contributed by atoms with van der Waals surface area (Å²) in [5.41, 5.74) is 7.42. The number of carbonyl (C=O) groups excluding carboxylic acids is 1. The molecular formula is C15H22N2O. The van der Waals surface area contributed by atoms with Gasteiger partial charge in [0.05, 0.1) is 0 Å². The molecule has 0 aromatic heterocycles. The fourth-order valence-electron chi connectivity index (χ4n) is 2.46. The zero-order valence-corrected chi connectivity index (χ0v) is 10.9. The number of nitrogens with two attached hydrogens (primary N) is 1. The van der Waals surface area contributed by atoms with Crippen molar-refractivity contribution >= 4 is 5.91 Å². The van der Waals surface area contributed by atoms with Gasteiger partial charge in [0.15, 0.2) is 0 Å². The molecule has 2 N–H and O–H groups in total. The highest BCUT2D eigenvalue weighted by atomic mass is 16.2. The third kappa shape index (κ3) is 3.33. The van der Waals surface area contributed by atoms with E-state index >= 15 is 0 Å². The van der Waals surface area contributed by atoms with E-state index in [4.69, 9.17) is 5.73 Å². The van der Waals surface area contributed by atoms with Crippen LogP contribution in [0.5, 0.6) is 0 Å². The molecule has 3 nitrogen and oxygen atoms in total. The summed E-state index contributed by atoms with van der Waals surface area (Å²) in [5.74, 6) is 0.159. The van der Waals surface area contributed by atoms with Crippen LogP contribution in [0.3, 0.4) is 0 Å². The van der Waals surface area contributed by atoms with Crippen molar-refractivity contribution in [1.29, 1.82) is 0 Å². The number of hydrogen-bond donors (Lipinski definition) is 1. The van der Waals surface area contributed by atoms with Crippen LogP contribution < -0.4 is 5.73 Å². The minimum atomic E-state index is 0.159. The van der Waals surface area contributed by atoms with Crippen molar-refractivity contribution in [3.8, 4) is 0 Å². The van der Waals surface area contributed by atoms with E-state index in [-0.39, 0.29) is 5.91 Å². The molecule has 1 aliphatic rings. The standard InChI is InChI=1S/C15H22N2O/c16-12-13-7-6-8-14(11-13)15(18)17-9-4-2-1-3-5-10-17/h6-8,11H,1-5,9-10,12,16H2. The van der Waals surface area contributed by atoms with Crippen molar-refractivity contribution in [3.63, 3.8) is 0 Å². The van der Waals surface area contributed by atoms with Crippen LogP contribution in [0.2, 0.25) is 0 Å². The number of likely N-dealkylation sites (tertiary alicyclic amines) is 1. The summed E-state index contributed by atoms with van der Waals surface area (Å²) < 4.78 is 0. The average Bonchev–Trinajstić information content (AvgIpc) is 2.38. The van der Waals surface area contributed by atoms with Crippen LogP contribution >= 0.6 is 0 Å². The van der Waals surface area contributed by atoms with Crippen LogP contribution in [0.4, 0.5) is 0 Å². The van der Waals surface area contributed by atoms with Crippen molar-refractivity contribution in [2.24, 2.45) is 5.73 Å². The first-order valence-electron chi connectivity index (χ1n) is 6.89. The second-order valence-corrected chi connectivity index (χ2v) is 4.96. The third-order valence-corrected chi connectivity index (χ3v) is 3.55. The number of amides is 1. The second kappa shape index (κ2) is 6.55. The van der Waals surface area contributed by atoms with Gasteiger partial charge in [-0.05, 0) is 30.5 Å². The predicted octanol–water partition coefficient (Wildman–Crippen LogP) is 2.55. The Hall–Kier alpha value is -1.35. The average molecular weight is 246 g/mol. The molecule has 0 radical (unpaired) electrons. The minimum Gasteiger partial charge on any atom is -0.339 e. The molecule has 1 aliphatic heterocycles. The molecule has 98 valence electrons. The second-order valence-electron chi connectivity index (χ2n) is 4.96. The van der Waals surface area contributed by atoms with Crippen LogP contribution in [0.25, 0.3) is 0 Å². The Kier molecular flexibility index (Phi) is 4.76. The molecule has 1 amide bonds. The van der Waals surface area contributed by atoms with E-state index in [0.717, 1.165) is 37.1 Å². The van der Waals surface area contributed by atoms with Gasteiger partial charge < -0.3 is 10.6 Å². The van der Waals surface area contributed by atoms with Gasteiger partial charge in [0.2, 0.25) is 0 Å². The molecule has 0 atom stereocenters. The molecule has 1 fully saturated rings. The maximum absolute atomic E-state index is 12.4. The maximum atomic E-state index is 12.4. The van der Waals surface area contributed by atoms with E-state index in [0.29, 0.717) is 6.54 Å². The van der Waals surface area contributed by atoms with Crippen molar-refractivity contribution in [3.05, 3.63) is 35.4 Å². The Balaban J connectivity index is 2.08. The SMILES string of the molecule is NCc1cccc(C(=O)N2CCCCCCC2)c1. The molecule has 0 unspecified atom stereocenters. The molecule has 1 heterocycles. The first-order valence-corrected chi connectivity index (χ1v) is 6.89. The lowest BCUT2D eigenvalue weighted by Crippen LogP contribution is -2.33. The monoisotopic (exact) mass is 246 g/mol. The normalized spacial score (nSPS) is 17.1. The third-order valence-electron chi connectivity index (χ3n) is 3.55. The van der Waals surface area contributed by atoms with E-state index < -0.39 is 0 Å². The molecular weight excluding hydrogens is 224 g/mol. The molecule has 3 heteroatoms. The van der Waals surface area contributed by atoms with Gasteiger partial charge in [-0.15, -0.1) is 0 Å². The van der Waals surface area contributed by atoms with Crippen LogP contribution in [-0.2, 0) is 6.54 Å². The minimum absolute atomic E-state index is 0.159. The first-order chi connectivity index (χ1) is 8.81. The zero-order chi connectivity index (χ0) is 12.8. The summed E-state index contributed by atoms with van der Waals surface area (Å²) in [6.45, 7) is 2.28. The number of rotatable bonds is 2. The van der Waals surface area contributed by atoms with E-state index in [1.54, 1.807) is 0 Å². The van der Waals surface area contributed by atoms with E-state index in [2.05, 4.69) is 0 Å². The molecule has 0 aliphatic carbocycles. The van der Waals surface area contributed by atoms with Gasteiger partial charge in [-0.3, -0.25) is 4.79 Å². The number of hydrogen-bond acceptors (Lipinski definition) is 2. The fourth-order valence-corrected chi connectivity index (χ4v) is 2.46. The Bertz CT molecular complexity index is 395. The Morgan fingerprint density at radius 3 is 2.44 bits per heavy atom. The van der Waals surface area contributed by atoms with E-state index in [1.807, 2.05) is 29.2 Å². The van der Waals surface area contributed by atoms with Gasteiger partial charge in [0.1, 0.15) is 0 Å². The molecule has 18 heavy (non-hydrogen) atoms. The van der Waals surface area contributed by atoms with Crippen LogP contribution in [0.15, 0.2) is 24.3 Å². The van der Waals surface area contributed by atoms with Crippen molar-refractivity contribution in [2.75, 3.05) is 13.1 Å². The summed E-state index contributed by atoms with van der Waals surface area (Å²) in [7, 11) is 0. The lowest BCUT2D eigenvalue weighted by molar-refractivity contribution is 0.0742. The molecule has 1 aromatic rings. The number of carbonyl (C=O) groups is 1. The predicted molar refractivity (Wildman–Crippen MR) is 73.3 cm³/mol. The van der Waals surface area contributed by atoms with E-state index in [1.165, 1.54) is 19.3 Å². The fraction of sp³-hybridized carbons (Fsp3) is 0.533. The highest BCUT2D eigenvalue weighted by Crippen LogP contribution is 2.14. The quantitative estimate of drug-likeness (QED) is 0.871. The number of nitrogens with zero attached hydrogens (tertiary/aromatic N) is 1. The Morgan fingerprint density at radius 2 is 1.78 bits per heavy atom. The van der Waals surface area contributed by atoms with Gasteiger partial charge in [-0.25, -0.2) is 0 Å². The first kappa shape index (κ1) is 13.1. The Morgan fingerprint density at radius 1 is 1.11 bits per heavy atom. The topological polar surface area (TPSA) is 46.3 Å². The van der Waals surface area contributed by atoms with Crippen molar-refractivity contribution in [2.45, 2.75) is 38.6 Å². The lowest BCUT2D eigenvalue weighted by Gasteiger charge is -2.25. The summed E-state index contributed by atoms with van der Waals surface area (Å²) in [6.07, 6.45) is 6.05. The number of benzene rings is 1. The summed E-state index contributed by atoms with van der Waals surface area (Å²) >= 11 is 0. The molecule has 1 saturated heterocycles. The maximum Gasteiger partial charge on any atom is 0.253 e. The van der Waals surface area contributed by atoms with Gasteiger partial charge in [0, 0.05) is 25.2 Å². The van der Waals surface area contributed by atoms with Gasteiger partial charge in [0.25, 0.3) is 5.91 Å². The lowest BCUT2D eigenvalue weighted by atomic mass is 10.1. The summed E-state index contributed by atoms with van der Waals surface area (Å²) in [6, 6.07) is 7.69. The van der Waals surface area contributed by atoms with E-state index in [9.17, 15) is 4.79 Å². The van der Waals surface area contributed by atoms with Crippen molar-refractivity contribution in [1.82, 2.24) is 4.90 Å². The van der Waals surface area contributed by atoms with Crippen LogP contribution in [0, 0.1) is 0 Å². The van der Waals surface area contributed by atoms with Crippen LogP contribution in [0.1, 0.15) is 48.0 Å². The summed E-state index contributed by atoms with van der Waals surface area (Å²) in [4.78, 5) is 14.4. The smallest absolute Gasteiger partial charge is 0.253 e. The molecule has 1 aromatic carbocycles. The van der Waals surface area contributed by atoms with Crippen LogP contribution in [-0.4, -0.2) is 23.9 Å². The molecule has 0 bridgehead atoms. The molecule has 0 spiro atoms. The van der Waals surface area contributed by atoms with Gasteiger partial charge in [-0.2, -0.15) is 0 Å². The molecule has 2 rings (SSSR count). The highest BCUT2D eigenvalue weighted by molar-refractivity contribution is 5.94. The Labute approximate surface area is 109 Å². The zero-order valence-electron chi connectivity index (χ0n) is 10.9. The molecule has 0 saturated carbocycles. The van der Waals surface area contributed by atoms with Gasteiger partial charge in [-0.1, -0.05) is 31.4 Å².